The monoisotopic (exact) mass is 1450 g/mol. The zero-order valence-electron chi connectivity index (χ0n) is 66.3. The van der Waals surface area contributed by atoms with E-state index in [9.17, 15) is 45.6 Å². The van der Waals surface area contributed by atoms with Crippen LogP contribution in [-0.4, -0.2) is 140 Å². The molecule has 14 heteroatoms. The molecule has 0 radical (unpaired) electrons. The number of amides is 1. The fourth-order valence-electron chi connectivity index (χ4n) is 14.3. The molecule has 9 N–H and O–H groups in total. The van der Waals surface area contributed by atoms with E-state index in [0.717, 1.165) is 57.8 Å². The van der Waals surface area contributed by atoms with Crippen LogP contribution in [0.25, 0.3) is 0 Å². The number of allylic oxidation sites excluding steroid dienone is 11. The van der Waals surface area contributed by atoms with Gasteiger partial charge in [0.25, 0.3) is 0 Å². The Labute approximate surface area is 631 Å². The second-order valence-corrected chi connectivity index (χ2v) is 30.6. The third-order valence-corrected chi connectivity index (χ3v) is 21.1. The molecule has 2 fully saturated rings. The Balaban J connectivity index is 1.56. The first-order chi connectivity index (χ1) is 50.6. The second kappa shape index (κ2) is 72.3. The number of aliphatic hydroxyl groups excluding tert-OH is 8. The van der Waals surface area contributed by atoms with Crippen LogP contribution in [0.15, 0.2) is 72.9 Å². The van der Waals surface area contributed by atoms with Gasteiger partial charge in [-0.15, -0.1) is 0 Å². The lowest BCUT2D eigenvalue weighted by Gasteiger charge is -2.46. The van der Waals surface area contributed by atoms with Gasteiger partial charge in [0.15, 0.2) is 12.6 Å². The highest BCUT2D eigenvalue weighted by molar-refractivity contribution is 5.76. The van der Waals surface area contributed by atoms with E-state index >= 15 is 0 Å². The fraction of sp³-hybridized carbons (Fsp3) is 0.854. The minimum atomic E-state index is -1.79. The predicted octanol–water partition coefficient (Wildman–Crippen LogP) is 20.9. The molecule has 2 heterocycles. The topological polar surface area (TPSA) is 228 Å². The summed E-state index contributed by atoms with van der Waals surface area (Å²) in [6, 6.07) is -0.934. The van der Waals surface area contributed by atoms with Crippen molar-refractivity contribution >= 4 is 5.91 Å². The van der Waals surface area contributed by atoms with Gasteiger partial charge in [-0.1, -0.05) is 389 Å². The fourth-order valence-corrected chi connectivity index (χ4v) is 14.3. The minimum Gasteiger partial charge on any atom is -0.394 e. The van der Waals surface area contributed by atoms with E-state index < -0.39 is 86.8 Å². The summed E-state index contributed by atoms with van der Waals surface area (Å²) in [7, 11) is 0. The maximum Gasteiger partial charge on any atom is 0.220 e. The van der Waals surface area contributed by atoms with Crippen LogP contribution in [0.4, 0.5) is 0 Å². The Kier molecular flexibility index (Phi) is 67.7. The van der Waals surface area contributed by atoms with Gasteiger partial charge in [0.05, 0.1) is 32.0 Å². The molecule has 0 aromatic carbocycles. The van der Waals surface area contributed by atoms with Crippen molar-refractivity contribution < 1.29 is 64.6 Å². The average Bonchev–Trinajstić information content (AvgIpc) is 0.791. The van der Waals surface area contributed by atoms with Gasteiger partial charge in [0.2, 0.25) is 5.91 Å². The molecule has 1 amide bonds. The number of hydrogen-bond acceptors (Lipinski definition) is 13. The molecule has 12 atom stereocenters. The zero-order chi connectivity index (χ0) is 74.4. The van der Waals surface area contributed by atoms with Gasteiger partial charge < -0.3 is 65.1 Å². The van der Waals surface area contributed by atoms with Gasteiger partial charge >= 0.3 is 0 Å². The van der Waals surface area contributed by atoms with Crippen LogP contribution in [0.1, 0.15) is 393 Å². The summed E-state index contributed by atoms with van der Waals surface area (Å²) in [6.45, 7) is 2.73. The molecule has 0 spiro atoms. The molecule has 103 heavy (non-hydrogen) atoms. The first-order valence-corrected chi connectivity index (χ1v) is 43.7. The summed E-state index contributed by atoms with van der Waals surface area (Å²) in [5.41, 5.74) is 0. The van der Waals surface area contributed by atoms with Crippen molar-refractivity contribution in [2.75, 3.05) is 19.8 Å². The third-order valence-electron chi connectivity index (χ3n) is 21.1. The molecule has 2 saturated heterocycles. The van der Waals surface area contributed by atoms with Gasteiger partial charge in [0.1, 0.15) is 48.8 Å². The molecule has 14 nitrogen and oxygen atoms in total. The second-order valence-electron chi connectivity index (χ2n) is 30.6. The van der Waals surface area contributed by atoms with Crippen LogP contribution >= 0.6 is 0 Å². The Morgan fingerprint density at radius 2 is 0.680 bits per heavy atom. The molecule has 12 unspecified atom stereocenters. The molecule has 0 aromatic rings. The van der Waals surface area contributed by atoms with Crippen LogP contribution < -0.4 is 5.32 Å². The van der Waals surface area contributed by atoms with Gasteiger partial charge in [-0.2, -0.15) is 0 Å². The van der Waals surface area contributed by atoms with E-state index in [-0.39, 0.29) is 18.9 Å². The molecule has 0 bridgehead atoms. The van der Waals surface area contributed by atoms with Gasteiger partial charge in [-0.3, -0.25) is 4.79 Å². The van der Waals surface area contributed by atoms with Crippen LogP contribution in [0.3, 0.4) is 0 Å². The summed E-state index contributed by atoms with van der Waals surface area (Å²) in [4.78, 5) is 13.4. The summed E-state index contributed by atoms with van der Waals surface area (Å²) in [6.07, 6.45) is 84.5. The number of rotatable bonds is 74. The normalized spacial score (nSPS) is 21.9. The standard InChI is InChI=1S/C89H163NO13/c1-3-5-7-9-11-13-15-17-19-21-23-25-27-29-31-33-34-35-36-37-38-39-40-41-42-43-44-45-47-49-51-53-55-57-59-61-63-65-67-69-71-73-81(94)90-77(76-100-88-86(99)84(97)87(80(75-92)102-88)103-89-85(98)83(96)82(95)79(74-91)101-89)78(93)72-70-68-66-64-62-60-58-56-54-52-50-48-46-32-30-28-26-24-22-20-18-16-14-12-10-8-6-4-2/h5,7,11,13,17,19,23,25,62,64,70,72,77-80,82-89,91-93,95-99H,3-4,6,8-10,12,14-16,18,20-22,24,26-61,63,65-69,71,73-76H2,1-2H3,(H,90,94)/b7-5-,13-11-,19-17-,25-23-,64-62+,72-70+. The van der Waals surface area contributed by atoms with E-state index in [0.29, 0.717) is 12.8 Å². The van der Waals surface area contributed by atoms with Crippen molar-refractivity contribution in [3.8, 4) is 0 Å². The van der Waals surface area contributed by atoms with E-state index in [1.807, 2.05) is 6.08 Å². The van der Waals surface area contributed by atoms with E-state index in [1.165, 1.54) is 302 Å². The molecule has 0 aliphatic carbocycles. The molecule has 2 rings (SSSR count). The number of carbonyl (C=O) groups excluding carboxylic acids is 1. The maximum atomic E-state index is 13.4. The minimum absolute atomic E-state index is 0.241. The predicted molar refractivity (Wildman–Crippen MR) is 429 cm³/mol. The van der Waals surface area contributed by atoms with Crippen molar-refractivity contribution in [3.63, 3.8) is 0 Å². The lowest BCUT2D eigenvalue weighted by Crippen LogP contribution is -2.65. The van der Waals surface area contributed by atoms with Crippen LogP contribution in [0, 0.1) is 0 Å². The summed E-state index contributed by atoms with van der Waals surface area (Å²) in [5, 5.41) is 87.8. The van der Waals surface area contributed by atoms with E-state index in [1.54, 1.807) is 6.08 Å². The lowest BCUT2D eigenvalue weighted by molar-refractivity contribution is -0.359. The molecule has 602 valence electrons. The number of hydrogen-bond donors (Lipinski definition) is 9. The zero-order valence-corrected chi connectivity index (χ0v) is 66.3. The van der Waals surface area contributed by atoms with E-state index in [4.69, 9.17) is 18.9 Å². The van der Waals surface area contributed by atoms with Crippen LogP contribution in [0.2, 0.25) is 0 Å². The van der Waals surface area contributed by atoms with Crippen molar-refractivity contribution in [2.45, 2.75) is 466 Å². The smallest absolute Gasteiger partial charge is 0.220 e. The third kappa shape index (κ3) is 54.6. The first-order valence-electron chi connectivity index (χ1n) is 43.7. The van der Waals surface area contributed by atoms with Crippen molar-refractivity contribution in [2.24, 2.45) is 0 Å². The average molecular weight is 1460 g/mol. The molecule has 0 saturated carbocycles. The summed E-state index contributed by atoms with van der Waals surface area (Å²) >= 11 is 0. The Hall–Kier alpha value is -2.57. The molecular formula is C89H163NO13. The summed E-state index contributed by atoms with van der Waals surface area (Å²) < 4.78 is 22.9. The van der Waals surface area contributed by atoms with E-state index in [2.05, 4.69) is 79.9 Å². The molecule has 2 aliphatic heterocycles. The van der Waals surface area contributed by atoms with Crippen LogP contribution in [0.5, 0.6) is 0 Å². The SMILES string of the molecule is CC/C=C\C/C=C\C/C=C\C/C=C\CCCCCCCCCCCCCCCCCCCCCCCCCCCCCCC(=O)NC(COC1OC(CO)C(OC2OC(CO)C(O)C(O)C2O)C(O)C1O)C(O)/C=C/CC/C=C/CCCCCCCCCCCCCCCCCCCCCCCC. The number of aliphatic hydroxyl groups is 8. The lowest BCUT2D eigenvalue weighted by atomic mass is 9.97. The van der Waals surface area contributed by atoms with Gasteiger partial charge in [-0.25, -0.2) is 0 Å². The van der Waals surface area contributed by atoms with Crippen molar-refractivity contribution in [1.82, 2.24) is 5.32 Å². The maximum absolute atomic E-state index is 13.4. The van der Waals surface area contributed by atoms with Gasteiger partial charge in [0, 0.05) is 6.42 Å². The number of nitrogens with one attached hydrogen (secondary N) is 1. The number of ether oxygens (including phenoxy) is 4. The molecular weight excluding hydrogens is 1290 g/mol. The highest BCUT2D eigenvalue weighted by Crippen LogP contribution is 2.30. The Morgan fingerprint density at radius 3 is 1.07 bits per heavy atom. The quantitative estimate of drug-likeness (QED) is 0.0204. The number of unbranched alkanes of at least 4 members (excludes halogenated alkanes) is 51. The molecule has 2 aliphatic rings. The summed E-state index contributed by atoms with van der Waals surface area (Å²) in [5.74, 6) is -0.241. The number of carbonyl (C=O) groups is 1. The highest BCUT2D eigenvalue weighted by Gasteiger charge is 2.51. The largest absolute Gasteiger partial charge is 0.394 e. The Morgan fingerprint density at radius 1 is 0.359 bits per heavy atom. The van der Waals surface area contributed by atoms with Crippen molar-refractivity contribution in [1.29, 1.82) is 0 Å². The highest BCUT2D eigenvalue weighted by atomic mass is 16.7. The van der Waals surface area contributed by atoms with Crippen LogP contribution in [-0.2, 0) is 23.7 Å². The first kappa shape index (κ1) is 96.5. The Bertz CT molecular complexity index is 2010. The van der Waals surface area contributed by atoms with Crippen molar-refractivity contribution in [3.05, 3.63) is 72.9 Å². The molecule has 0 aromatic heterocycles. The van der Waals surface area contributed by atoms with Gasteiger partial charge in [-0.05, 0) is 70.6 Å².